The topological polar surface area (TPSA) is 80.6 Å². The number of nitrogens with one attached hydrogen (secondary N) is 1. The van der Waals surface area contributed by atoms with Gasteiger partial charge in [-0.2, -0.15) is 13.2 Å². The zero-order valence-electron chi connectivity index (χ0n) is 18.3. The molecule has 3 aromatic rings. The number of pyridine rings is 1. The molecule has 0 spiro atoms. The lowest BCUT2D eigenvalue weighted by molar-refractivity contribution is -0.153. The summed E-state index contributed by atoms with van der Waals surface area (Å²) in [4.78, 5) is 25.7. The highest BCUT2D eigenvalue weighted by Crippen LogP contribution is 2.26. The van der Waals surface area contributed by atoms with Gasteiger partial charge in [0.25, 0.3) is 11.5 Å². The highest BCUT2D eigenvalue weighted by atomic mass is 19.4. The first-order valence-corrected chi connectivity index (χ1v) is 10.2. The number of aliphatic hydroxyl groups is 1. The van der Waals surface area contributed by atoms with Crippen LogP contribution in [0, 0.1) is 5.82 Å². The van der Waals surface area contributed by atoms with Gasteiger partial charge in [0.2, 0.25) is 0 Å². The van der Waals surface area contributed by atoms with Gasteiger partial charge in [0.05, 0.1) is 11.3 Å². The highest BCUT2D eigenvalue weighted by Gasteiger charge is 2.29. The summed E-state index contributed by atoms with van der Waals surface area (Å²) in [6.07, 6.45) is -3.03. The fourth-order valence-electron chi connectivity index (χ4n) is 3.22. The first-order chi connectivity index (χ1) is 15.8. The van der Waals surface area contributed by atoms with Crippen molar-refractivity contribution in [3.8, 4) is 11.4 Å². The predicted octanol–water partition coefficient (Wildman–Crippen LogP) is 4.48. The van der Waals surface area contributed by atoms with Crippen molar-refractivity contribution in [1.82, 2.24) is 4.57 Å². The third-order valence-corrected chi connectivity index (χ3v) is 4.61. The Morgan fingerprint density at radius 3 is 2.38 bits per heavy atom. The molecular formula is C24H22F4N2O4. The van der Waals surface area contributed by atoms with Crippen LogP contribution in [0.1, 0.15) is 29.8 Å². The molecule has 0 aliphatic carbocycles. The number of hydrogen-bond acceptors (Lipinski definition) is 4. The van der Waals surface area contributed by atoms with Crippen LogP contribution in [0.15, 0.2) is 65.6 Å². The molecule has 1 heterocycles. The van der Waals surface area contributed by atoms with E-state index in [1.54, 1.807) is 38.1 Å². The maximum Gasteiger partial charge on any atom is 0.422 e. The molecule has 2 N–H and O–H groups in total. The van der Waals surface area contributed by atoms with E-state index in [0.29, 0.717) is 12.1 Å². The molecule has 0 atom stereocenters. The third kappa shape index (κ3) is 6.67. The molecule has 0 aliphatic rings. The van der Waals surface area contributed by atoms with Gasteiger partial charge in [-0.25, -0.2) is 4.39 Å². The molecule has 0 unspecified atom stereocenters. The number of amides is 1. The molecule has 1 amide bonds. The van der Waals surface area contributed by atoms with Crippen LogP contribution in [0.25, 0.3) is 5.69 Å². The van der Waals surface area contributed by atoms with Gasteiger partial charge in [0.15, 0.2) is 6.61 Å². The fourth-order valence-corrected chi connectivity index (χ4v) is 3.22. The molecule has 0 aliphatic heterocycles. The zero-order valence-corrected chi connectivity index (χ0v) is 18.3. The monoisotopic (exact) mass is 478 g/mol. The molecule has 3 rings (SSSR count). The molecule has 34 heavy (non-hydrogen) atoms. The molecule has 6 nitrogen and oxygen atoms in total. The molecule has 0 bridgehead atoms. The molecule has 1 aromatic heterocycles. The second kappa shape index (κ2) is 9.68. The zero-order chi connectivity index (χ0) is 25.1. The van der Waals surface area contributed by atoms with Crippen LogP contribution < -0.4 is 15.6 Å². The number of nitrogens with zero attached hydrogens (tertiary/aromatic N) is 1. The number of rotatable bonds is 7. The van der Waals surface area contributed by atoms with E-state index in [1.807, 2.05) is 0 Å². The number of anilines is 1. The van der Waals surface area contributed by atoms with Gasteiger partial charge in [-0.05, 0) is 55.8 Å². The molecule has 180 valence electrons. The number of hydrogen-bond donors (Lipinski definition) is 2. The van der Waals surface area contributed by atoms with Crippen molar-refractivity contribution < 1.29 is 32.2 Å². The van der Waals surface area contributed by atoms with Crippen LogP contribution in [0.4, 0.5) is 23.2 Å². The summed E-state index contributed by atoms with van der Waals surface area (Å²) in [5.74, 6) is -2.09. The summed E-state index contributed by atoms with van der Waals surface area (Å²) in [6, 6.07) is 12.1. The van der Waals surface area contributed by atoms with Gasteiger partial charge in [-0.15, -0.1) is 0 Å². The van der Waals surface area contributed by atoms with E-state index in [-0.39, 0.29) is 11.3 Å². The minimum atomic E-state index is -4.67. The van der Waals surface area contributed by atoms with Gasteiger partial charge < -0.3 is 15.2 Å². The van der Waals surface area contributed by atoms with Crippen molar-refractivity contribution in [2.75, 3.05) is 11.9 Å². The second-order valence-electron chi connectivity index (χ2n) is 8.25. The molecule has 0 saturated heterocycles. The number of ether oxygens (including phenoxy) is 1. The van der Waals surface area contributed by atoms with Crippen LogP contribution in [-0.2, 0) is 6.42 Å². The van der Waals surface area contributed by atoms with Crippen molar-refractivity contribution in [2.24, 2.45) is 0 Å². The highest BCUT2D eigenvalue weighted by molar-refractivity contribution is 6.04. The third-order valence-electron chi connectivity index (χ3n) is 4.61. The van der Waals surface area contributed by atoms with Crippen LogP contribution in [0.3, 0.4) is 0 Å². The lowest BCUT2D eigenvalue weighted by Crippen LogP contribution is -2.28. The SMILES string of the molecule is CC(C)(O)Cc1ccc(NC(=O)c2cccn(-c3ccc(F)cc3OCC(F)(F)F)c2=O)cc1. The average Bonchev–Trinajstić information content (AvgIpc) is 2.72. The van der Waals surface area contributed by atoms with E-state index < -0.39 is 41.4 Å². The number of alkyl halides is 3. The van der Waals surface area contributed by atoms with E-state index in [9.17, 15) is 32.3 Å². The van der Waals surface area contributed by atoms with Crippen LogP contribution in [0.2, 0.25) is 0 Å². The quantitative estimate of drug-likeness (QED) is 0.491. The molecule has 0 radical (unpaired) electrons. The van der Waals surface area contributed by atoms with Crippen LogP contribution in [-0.4, -0.2) is 34.0 Å². The Bertz CT molecular complexity index is 1230. The molecule has 2 aromatic carbocycles. The fraction of sp³-hybridized carbons (Fsp3) is 0.250. The average molecular weight is 478 g/mol. The van der Waals surface area contributed by atoms with Crippen molar-refractivity contribution >= 4 is 11.6 Å². The molecule has 0 saturated carbocycles. The van der Waals surface area contributed by atoms with E-state index in [0.717, 1.165) is 28.3 Å². The number of aromatic nitrogens is 1. The summed E-state index contributed by atoms with van der Waals surface area (Å²) in [5, 5.41) is 12.5. The minimum absolute atomic E-state index is 0.152. The van der Waals surface area contributed by atoms with Crippen LogP contribution in [0.5, 0.6) is 5.75 Å². The number of benzene rings is 2. The Morgan fingerprint density at radius 2 is 1.76 bits per heavy atom. The van der Waals surface area contributed by atoms with Crippen LogP contribution >= 0.6 is 0 Å². The molecule has 0 fully saturated rings. The normalized spacial score (nSPS) is 11.9. The largest absolute Gasteiger partial charge is 0.482 e. The maximum atomic E-state index is 13.6. The number of halogens is 4. The Hall–Kier alpha value is -3.66. The summed E-state index contributed by atoms with van der Waals surface area (Å²) >= 11 is 0. The summed E-state index contributed by atoms with van der Waals surface area (Å²) < 4.78 is 57.0. The molecule has 10 heteroatoms. The minimum Gasteiger partial charge on any atom is -0.482 e. The van der Waals surface area contributed by atoms with Crippen molar-refractivity contribution in [3.05, 3.63) is 88.1 Å². The van der Waals surface area contributed by atoms with Crippen molar-refractivity contribution in [1.29, 1.82) is 0 Å². The summed E-state index contributed by atoms with van der Waals surface area (Å²) in [5.41, 5.74) is -0.925. The standard InChI is InChI=1S/C24H22F4N2O4/c1-23(2,33)13-15-5-8-17(9-6-15)29-21(31)18-4-3-11-30(22(18)32)19-10-7-16(25)12-20(19)34-14-24(26,27)28/h3-12,33H,13-14H2,1-2H3,(H,29,31). The van der Waals surface area contributed by atoms with E-state index in [4.69, 9.17) is 4.74 Å². The van der Waals surface area contributed by atoms with Crippen molar-refractivity contribution in [3.63, 3.8) is 0 Å². The summed E-state index contributed by atoms with van der Waals surface area (Å²) in [7, 11) is 0. The van der Waals surface area contributed by atoms with Gasteiger partial charge in [-0.3, -0.25) is 14.2 Å². The van der Waals surface area contributed by atoms with E-state index in [1.165, 1.54) is 18.3 Å². The Morgan fingerprint density at radius 1 is 1.09 bits per heavy atom. The Balaban J connectivity index is 1.87. The smallest absolute Gasteiger partial charge is 0.422 e. The van der Waals surface area contributed by atoms with E-state index >= 15 is 0 Å². The van der Waals surface area contributed by atoms with Gasteiger partial charge in [0.1, 0.15) is 17.1 Å². The maximum absolute atomic E-state index is 13.6. The summed E-state index contributed by atoms with van der Waals surface area (Å²) in [6.45, 7) is 1.66. The second-order valence-corrected chi connectivity index (χ2v) is 8.25. The first kappa shape index (κ1) is 25.0. The number of carbonyl (C=O) groups is 1. The van der Waals surface area contributed by atoms with Gasteiger partial charge >= 0.3 is 6.18 Å². The Labute approximate surface area is 192 Å². The lowest BCUT2D eigenvalue weighted by Gasteiger charge is -2.17. The first-order valence-electron chi connectivity index (χ1n) is 10.2. The lowest BCUT2D eigenvalue weighted by atomic mass is 9.99. The Kier molecular flexibility index (Phi) is 7.11. The van der Waals surface area contributed by atoms with E-state index in [2.05, 4.69) is 5.32 Å². The number of carbonyl (C=O) groups excluding carboxylic acids is 1. The van der Waals surface area contributed by atoms with Gasteiger partial charge in [-0.1, -0.05) is 12.1 Å². The predicted molar refractivity (Wildman–Crippen MR) is 118 cm³/mol. The molecular weight excluding hydrogens is 456 g/mol. The van der Waals surface area contributed by atoms with Crippen molar-refractivity contribution in [2.45, 2.75) is 32.0 Å². The van der Waals surface area contributed by atoms with Gasteiger partial charge in [0, 0.05) is 24.4 Å².